The minimum Gasteiger partial charge on any atom is -0.494 e. The molecule has 1 saturated heterocycles. The van der Waals surface area contributed by atoms with E-state index in [0.717, 1.165) is 4.90 Å². The Morgan fingerprint density at radius 3 is 2.33 bits per heavy atom. The molecule has 1 N–H and O–H groups in total. The molecule has 0 bridgehead atoms. The first-order valence-electron chi connectivity index (χ1n) is 6.43. The van der Waals surface area contributed by atoms with Crippen molar-refractivity contribution in [3.63, 3.8) is 0 Å². The van der Waals surface area contributed by atoms with E-state index in [1.807, 2.05) is 6.92 Å². The zero-order chi connectivity index (χ0) is 15.6. The van der Waals surface area contributed by atoms with Gasteiger partial charge in [0, 0.05) is 10.9 Å². The molecule has 112 valence electrons. The van der Waals surface area contributed by atoms with Crippen LogP contribution in [0.3, 0.4) is 0 Å². The van der Waals surface area contributed by atoms with Gasteiger partial charge in [0.25, 0.3) is 17.1 Å². The number of carbonyl (C=O) groups excluding carboxylic acids is 3. The van der Waals surface area contributed by atoms with Crippen LogP contribution in [0.4, 0.5) is 10.5 Å². The summed E-state index contributed by atoms with van der Waals surface area (Å²) >= 11 is 0. The molecule has 0 radical (unpaired) electrons. The van der Waals surface area contributed by atoms with Gasteiger partial charge in [-0.15, -0.1) is 0 Å². The molecular weight excluding hydrogens is 292 g/mol. The fraction of sp³-hybridized carbons (Fsp3) is 0.357. The van der Waals surface area contributed by atoms with Crippen LogP contribution in [0.5, 0.6) is 5.75 Å². The molecule has 1 aromatic carbocycles. The number of hydrogen-bond donors (Lipinski definition) is 1. The topological polar surface area (TPSA) is 75.7 Å². The number of anilines is 1. The van der Waals surface area contributed by atoms with Crippen LogP contribution in [0, 0.1) is 0 Å². The summed E-state index contributed by atoms with van der Waals surface area (Å²) in [5, 5.41) is 1.41. The maximum Gasteiger partial charge on any atom is 0.335 e. The molecule has 0 aliphatic carbocycles. The van der Waals surface area contributed by atoms with Gasteiger partial charge in [0.1, 0.15) is 5.75 Å². The summed E-state index contributed by atoms with van der Waals surface area (Å²) in [5.41, 5.74) is 0.420. The Kier molecular flexibility index (Phi) is 4.52. The number of benzene rings is 1. The number of hydrogen-bond acceptors (Lipinski definition) is 4. The Labute approximate surface area is 125 Å². The lowest BCUT2D eigenvalue weighted by molar-refractivity contribution is -0.127. The quantitative estimate of drug-likeness (QED) is 0.663. The first kappa shape index (κ1) is 15.4. The molecule has 0 saturated carbocycles. The predicted molar refractivity (Wildman–Crippen MR) is 81.6 cm³/mol. The molecule has 1 aromatic rings. The summed E-state index contributed by atoms with van der Waals surface area (Å²) in [5.74, 6) is -0.355. The summed E-state index contributed by atoms with van der Waals surface area (Å²) in [6.07, 6.45) is 3.60. The number of nitrogens with zero attached hydrogens (tertiary/aromatic N) is 1. The van der Waals surface area contributed by atoms with Gasteiger partial charge < -0.3 is 4.74 Å². The fourth-order valence-corrected chi connectivity index (χ4v) is 3.07. The highest BCUT2D eigenvalue weighted by atomic mass is 32.2. The van der Waals surface area contributed by atoms with Gasteiger partial charge in [-0.2, -0.15) is 0 Å². The SMILES string of the molecule is CCOc1ccc(N2C(=O)NC(=O)C([S+](C)C)C2=O)cc1. The average Bonchev–Trinajstić information content (AvgIpc) is 2.40. The van der Waals surface area contributed by atoms with Crippen LogP contribution >= 0.6 is 0 Å². The van der Waals surface area contributed by atoms with E-state index in [0.29, 0.717) is 18.0 Å². The summed E-state index contributed by atoms with van der Waals surface area (Å²) in [6, 6.07) is 5.90. The van der Waals surface area contributed by atoms with Crippen molar-refractivity contribution in [3.8, 4) is 5.75 Å². The van der Waals surface area contributed by atoms with Gasteiger partial charge in [0.15, 0.2) is 0 Å². The van der Waals surface area contributed by atoms with Crippen LogP contribution < -0.4 is 15.0 Å². The first-order chi connectivity index (χ1) is 9.95. The van der Waals surface area contributed by atoms with Crippen LogP contribution in [0.25, 0.3) is 0 Å². The Morgan fingerprint density at radius 2 is 1.81 bits per heavy atom. The summed E-state index contributed by atoms with van der Waals surface area (Å²) in [7, 11) is -0.459. The Bertz CT molecular complexity index is 571. The number of nitrogens with one attached hydrogen (secondary N) is 1. The van der Waals surface area contributed by atoms with Gasteiger partial charge >= 0.3 is 6.03 Å². The van der Waals surface area contributed by atoms with Crippen LogP contribution in [0.1, 0.15) is 6.92 Å². The molecule has 2 rings (SSSR count). The summed E-state index contributed by atoms with van der Waals surface area (Å²) in [6.45, 7) is 2.41. The number of imide groups is 2. The number of barbiturate groups is 1. The smallest absolute Gasteiger partial charge is 0.335 e. The Hall–Kier alpha value is -2.02. The summed E-state index contributed by atoms with van der Waals surface area (Å²) in [4.78, 5) is 37.1. The lowest BCUT2D eigenvalue weighted by Crippen LogP contribution is -2.62. The van der Waals surface area contributed by atoms with E-state index in [1.165, 1.54) is 0 Å². The number of amides is 4. The summed E-state index contributed by atoms with van der Waals surface area (Å²) < 4.78 is 5.32. The second kappa shape index (κ2) is 6.17. The van der Waals surface area contributed by atoms with Gasteiger partial charge in [-0.05, 0) is 31.2 Å². The largest absolute Gasteiger partial charge is 0.494 e. The second-order valence-electron chi connectivity index (χ2n) is 4.65. The molecule has 1 atom stereocenters. The zero-order valence-electron chi connectivity index (χ0n) is 12.1. The van der Waals surface area contributed by atoms with Gasteiger partial charge in [-0.1, -0.05) is 0 Å². The lowest BCUT2D eigenvalue weighted by Gasteiger charge is -2.28. The molecule has 1 aliphatic rings. The van der Waals surface area contributed by atoms with Gasteiger partial charge in [0.05, 0.1) is 24.8 Å². The van der Waals surface area contributed by atoms with Crippen molar-refractivity contribution >= 4 is 34.4 Å². The third-order valence-electron chi connectivity index (χ3n) is 2.99. The number of ether oxygens (including phenoxy) is 1. The standard InChI is InChI=1S/C14H16N2O4S/c1-4-20-10-7-5-9(6-8-10)16-13(18)11(21(2)3)12(17)15-14(16)19/h5-8,11H,4H2,1-3H3/p+1. The van der Waals surface area contributed by atoms with Crippen molar-refractivity contribution in [2.75, 3.05) is 24.0 Å². The van der Waals surface area contributed by atoms with Crippen molar-refractivity contribution in [1.29, 1.82) is 0 Å². The molecule has 1 heterocycles. The average molecular weight is 309 g/mol. The zero-order valence-corrected chi connectivity index (χ0v) is 12.9. The van der Waals surface area contributed by atoms with Gasteiger partial charge in [-0.25, -0.2) is 9.69 Å². The highest BCUT2D eigenvalue weighted by Gasteiger charge is 2.48. The number of carbonyl (C=O) groups is 3. The molecule has 1 aliphatic heterocycles. The van der Waals surface area contributed by atoms with Gasteiger partial charge in [0.2, 0.25) is 0 Å². The molecule has 0 spiro atoms. The molecule has 1 fully saturated rings. The van der Waals surface area contributed by atoms with Crippen LogP contribution in [0.2, 0.25) is 0 Å². The Morgan fingerprint density at radius 1 is 1.19 bits per heavy atom. The van der Waals surface area contributed by atoms with E-state index < -0.39 is 34.0 Å². The molecule has 6 nitrogen and oxygen atoms in total. The van der Waals surface area contributed by atoms with Crippen molar-refractivity contribution in [2.45, 2.75) is 12.2 Å². The molecule has 21 heavy (non-hydrogen) atoms. The van der Waals surface area contributed by atoms with E-state index in [-0.39, 0.29) is 0 Å². The molecule has 7 heteroatoms. The van der Waals surface area contributed by atoms with Crippen molar-refractivity contribution in [2.24, 2.45) is 0 Å². The third-order valence-corrected chi connectivity index (χ3v) is 4.35. The number of rotatable bonds is 4. The fourth-order valence-electron chi connectivity index (χ4n) is 2.07. The van der Waals surface area contributed by atoms with E-state index in [2.05, 4.69) is 5.32 Å². The highest BCUT2D eigenvalue weighted by Crippen LogP contribution is 2.23. The molecule has 0 aromatic heterocycles. The van der Waals surface area contributed by atoms with E-state index in [4.69, 9.17) is 4.74 Å². The maximum absolute atomic E-state index is 12.4. The van der Waals surface area contributed by atoms with Crippen LogP contribution in [-0.4, -0.2) is 42.2 Å². The Balaban J connectivity index is 2.30. The van der Waals surface area contributed by atoms with Crippen molar-refractivity contribution in [1.82, 2.24) is 5.32 Å². The molecule has 4 amide bonds. The molecular formula is C14H17N2O4S+. The van der Waals surface area contributed by atoms with E-state index >= 15 is 0 Å². The van der Waals surface area contributed by atoms with Crippen LogP contribution in [0.15, 0.2) is 24.3 Å². The van der Waals surface area contributed by atoms with E-state index in [9.17, 15) is 14.4 Å². The predicted octanol–water partition coefficient (Wildman–Crippen LogP) is 0.915. The maximum atomic E-state index is 12.4. The highest BCUT2D eigenvalue weighted by molar-refractivity contribution is 7.97. The molecule has 1 unspecified atom stereocenters. The van der Waals surface area contributed by atoms with Crippen molar-refractivity contribution < 1.29 is 19.1 Å². The van der Waals surface area contributed by atoms with Crippen molar-refractivity contribution in [3.05, 3.63) is 24.3 Å². The van der Waals surface area contributed by atoms with Crippen LogP contribution in [-0.2, 0) is 20.5 Å². The third kappa shape index (κ3) is 3.02. The minimum atomic E-state index is -0.825. The number of urea groups is 1. The minimum absolute atomic E-state index is 0.420. The second-order valence-corrected chi connectivity index (χ2v) is 6.89. The monoisotopic (exact) mass is 309 g/mol. The lowest BCUT2D eigenvalue weighted by atomic mass is 10.2. The first-order valence-corrected chi connectivity index (χ1v) is 8.54. The van der Waals surface area contributed by atoms with E-state index in [1.54, 1.807) is 36.8 Å². The normalized spacial score (nSPS) is 19.0. The van der Waals surface area contributed by atoms with Gasteiger partial charge in [-0.3, -0.25) is 14.9 Å².